The van der Waals surface area contributed by atoms with Gasteiger partial charge >= 0.3 is 0 Å². The van der Waals surface area contributed by atoms with Crippen molar-refractivity contribution in [3.63, 3.8) is 0 Å². The molecule has 3 heteroatoms. The molecule has 1 heterocycles. The molecule has 1 aliphatic rings. The Morgan fingerprint density at radius 3 is 2.65 bits per heavy atom. The first-order valence-electron chi connectivity index (χ1n) is 7.20. The SMILES string of the molecule is CC(C)(CNC1CC(N)c2ccccc21)c1cccs1. The van der Waals surface area contributed by atoms with Gasteiger partial charge in [-0.3, -0.25) is 0 Å². The predicted molar refractivity (Wildman–Crippen MR) is 86.1 cm³/mol. The van der Waals surface area contributed by atoms with Crippen molar-refractivity contribution in [3.05, 3.63) is 57.8 Å². The standard InChI is InChI=1S/C17H22N2S/c1-17(2,16-8-5-9-20-16)11-19-15-10-14(18)12-6-3-4-7-13(12)15/h3-9,14-15,19H,10-11,18H2,1-2H3. The molecular weight excluding hydrogens is 264 g/mol. The zero-order chi connectivity index (χ0) is 14.2. The van der Waals surface area contributed by atoms with Crippen LogP contribution in [-0.2, 0) is 5.41 Å². The van der Waals surface area contributed by atoms with E-state index in [1.54, 1.807) is 0 Å². The molecule has 3 rings (SSSR count). The lowest BCUT2D eigenvalue weighted by atomic mass is 9.91. The third-order valence-electron chi connectivity index (χ3n) is 4.24. The fourth-order valence-corrected chi connectivity index (χ4v) is 3.85. The molecular formula is C17H22N2S. The number of thiophene rings is 1. The van der Waals surface area contributed by atoms with Gasteiger partial charge in [-0.1, -0.05) is 44.2 Å². The molecule has 20 heavy (non-hydrogen) atoms. The van der Waals surface area contributed by atoms with Crippen molar-refractivity contribution in [2.75, 3.05) is 6.54 Å². The Balaban J connectivity index is 1.71. The van der Waals surface area contributed by atoms with Crippen molar-refractivity contribution in [2.24, 2.45) is 5.73 Å². The molecule has 0 spiro atoms. The molecule has 0 amide bonds. The van der Waals surface area contributed by atoms with Gasteiger partial charge in [-0.15, -0.1) is 11.3 Å². The lowest BCUT2D eigenvalue weighted by molar-refractivity contribution is 0.416. The van der Waals surface area contributed by atoms with E-state index in [0.29, 0.717) is 6.04 Å². The summed E-state index contributed by atoms with van der Waals surface area (Å²) in [5.41, 5.74) is 9.08. The van der Waals surface area contributed by atoms with Crippen LogP contribution in [0.4, 0.5) is 0 Å². The van der Waals surface area contributed by atoms with Crippen LogP contribution in [0.25, 0.3) is 0 Å². The van der Waals surface area contributed by atoms with Crippen LogP contribution >= 0.6 is 11.3 Å². The summed E-state index contributed by atoms with van der Waals surface area (Å²) in [6.45, 7) is 5.57. The second-order valence-electron chi connectivity index (χ2n) is 6.27. The normalized spacial score (nSPS) is 21.9. The first-order valence-corrected chi connectivity index (χ1v) is 8.08. The van der Waals surface area contributed by atoms with Crippen LogP contribution in [0.1, 0.15) is 48.4 Å². The summed E-state index contributed by atoms with van der Waals surface area (Å²) in [6.07, 6.45) is 1.000. The number of benzene rings is 1. The van der Waals surface area contributed by atoms with E-state index in [1.165, 1.54) is 16.0 Å². The van der Waals surface area contributed by atoms with E-state index in [0.717, 1.165) is 13.0 Å². The Bertz CT molecular complexity index is 574. The maximum absolute atomic E-state index is 6.23. The zero-order valence-corrected chi connectivity index (χ0v) is 12.9. The van der Waals surface area contributed by atoms with E-state index in [2.05, 4.69) is 60.9 Å². The predicted octanol–water partition coefficient (Wildman–Crippen LogP) is 3.76. The first kappa shape index (κ1) is 13.8. The minimum Gasteiger partial charge on any atom is -0.324 e. The Hall–Kier alpha value is -1.16. The van der Waals surface area contributed by atoms with Crippen LogP contribution < -0.4 is 11.1 Å². The average Bonchev–Trinajstić information content (AvgIpc) is 3.06. The molecule has 0 saturated carbocycles. The molecule has 0 bridgehead atoms. The van der Waals surface area contributed by atoms with Gasteiger partial charge in [-0.25, -0.2) is 0 Å². The molecule has 1 aromatic heterocycles. The zero-order valence-electron chi connectivity index (χ0n) is 12.1. The molecule has 0 aliphatic heterocycles. The largest absolute Gasteiger partial charge is 0.324 e. The fourth-order valence-electron chi connectivity index (χ4n) is 3.00. The lowest BCUT2D eigenvalue weighted by Gasteiger charge is -2.26. The van der Waals surface area contributed by atoms with E-state index < -0.39 is 0 Å². The number of fused-ring (bicyclic) bond motifs is 1. The molecule has 0 fully saturated rings. The van der Waals surface area contributed by atoms with E-state index in [4.69, 9.17) is 5.73 Å². The van der Waals surface area contributed by atoms with Crippen molar-refractivity contribution >= 4 is 11.3 Å². The highest BCUT2D eigenvalue weighted by atomic mass is 32.1. The minimum absolute atomic E-state index is 0.162. The van der Waals surface area contributed by atoms with E-state index >= 15 is 0 Å². The maximum atomic E-state index is 6.23. The van der Waals surface area contributed by atoms with Crippen LogP contribution in [0, 0.1) is 0 Å². The molecule has 2 nitrogen and oxygen atoms in total. The Morgan fingerprint density at radius 1 is 1.20 bits per heavy atom. The molecule has 106 valence electrons. The summed E-state index contributed by atoms with van der Waals surface area (Å²) in [5, 5.41) is 5.87. The van der Waals surface area contributed by atoms with Gasteiger partial charge in [0.15, 0.2) is 0 Å². The van der Waals surface area contributed by atoms with Crippen molar-refractivity contribution in [1.82, 2.24) is 5.32 Å². The van der Waals surface area contributed by atoms with Gasteiger partial charge < -0.3 is 11.1 Å². The molecule has 1 aliphatic carbocycles. The second-order valence-corrected chi connectivity index (χ2v) is 7.21. The summed E-state index contributed by atoms with van der Waals surface area (Å²) >= 11 is 1.83. The van der Waals surface area contributed by atoms with Crippen LogP contribution in [0.2, 0.25) is 0 Å². The Kier molecular flexibility index (Phi) is 3.67. The van der Waals surface area contributed by atoms with Gasteiger partial charge in [0.1, 0.15) is 0 Å². The van der Waals surface area contributed by atoms with E-state index in [-0.39, 0.29) is 11.5 Å². The molecule has 2 unspecified atom stereocenters. The number of rotatable bonds is 4. The van der Waals surface area contributed by atoms with Crippen molar-refractivity contribution in [2.45, 2.75) is 37.8 Å². The molecule has 1 aromatic carbocycles. The van der Waals surface area contributed by atoms with Gasteiger partial charge in [-0.2, -0.15) is 0 Å². The number of nitrogens with two attached hydrogens (primary N) is 1. The summed E-state index contributed by atoms with van der Waals surface area (Å²) in [6, 6.07) is 13.5. The molecule has 3 N–H and O–H groups in total. The second kappa shape index (κ2) is 5.32. The Labute approximate surface area is 125 Å². The third-order valence-corrected chi connectivity index (χ3v) is 5.47. The fraction of sp³-hybridized carbons (Fsp3) is 0.412. The highest BCUT2D eigenvalue weighted by Gasteiger charge is 2.30. The first-order chi connectivity index (χ1) is 9.58. The molecule has 2 atom stereocenters. The van der Waals surface area contributed by atoms with Crippen LogP contribution in [0.5, 0.6) is 0 Å². The number of hydrogen-bond acceptors (Lipinski definition) is 3. The highest BCUT2D eigenvalue weighted by molar-refractivity contribution is 7.10. The summed E-state index contributed by atoms with van der Waals surface area (Å²) < 4.78 is 0. The molecule has 2 aromatic rings. The van der Waals surface area contributed by atoms with Crippen molar-refractivity contribution in [1.29, 1.82) is 0 Å². The summed E-state index contributed by atoms with van der Waals surface area (Å²) in [4.78, 5) is 1.43. The smallest absolute Gasteiger partial charge is 0.0341 e. The van der Waals surface area contributed by atoms with Crippen LogP contribution in [0.15, 0.2) is 41.8 Å². The molecule has 0 saturated heterocycles. The van der Waals surface area contributed by atoms with Crippen LogP contribution in [-0.4, -0.2) is 6.54 Å². The summed E-state index contributed by atoms with van der Waals surface area (Å²) in [7, 11) is 0. The van der Waals surface area contributed by atoms with E-state index in [1.807, 2.05) is 11.3 Å². The van der Waals surface area contributed by atoms with Gasteiger partial charge in [0.2, 0.25) is 0 Å². The van der Waals surface area contributed by atoms with Crippen molar-refractivity contribution in [3.8, 4) is 0 Å². The van der Waals surface area contributed by atoms with Crippen LogP contribution in [0.3, 0.4) is 0 Å². The molecule has 0 radical (unpaired) electrons. The summed E-state index contributed by atoms with van der Waals surface area (Å²) in [5.74, 6) is 0. The van der Waals surface area contributed by atoms with Gasteiger partial charge in [-0.05, 0) is 29.0 Å². The Morgan fingerprint density at radius 2 is 1.95 bits per heavy atom. The monoisotopic (exact) mass is 286 g/mol. The van der Waals surface area contributed by atoms with Gasteiger partial charge in [0.25, 0.3) is 0 Å². The third kappa shape index (κ3) is 2.53. The quantitative estimate of drug-likeness (QED) is 0.898. The van der Waals surface area contributed by atoms with Gasteiger partial charge in [0, 0.05) is 28.9 Å². The lowest BCUT2D eigenvalue weighted by Crippen LogP contribution is -2.34. The van der Waals surface area contributed by atoms with Crippen molar-refractivity contribution < 1.29 is 0 Å². The maximum Gasteiger partial charge on any atom is 0.0341 e. The topological polar surface area (TPSA) is 38.0 Å². The van der Waals surface area contributed by atoms with E-state index in [9.17, 15) is 0 Å². The minimum atomic E-state index is 0.162. The van der Waals surface area contributed by atoms with Gasteiger partial charge in [0.05, 0.1) is 0 Å². The highest BCUT2D eigenvalue weighted by Crippen LogP contribution is 2.37. The number of nitrogens with one attached hydrogen (secondary N) is 1. The number of hydrogen-bond donors (Lipinski definition) is 2. The average molecular weight is 286 g/mol.